The van der Waals surface area contributed by atoms with Crippen LogP contribution < -0.4 is 10.9 Å². The van der Waals surface area contributed by atoms with E-state index in [0.717, 1.165) is 59.4 Å². The van der Waals surface area contributed by atoms with E-state index in [0.29, 0.717) is 11.3 Å². The molecule has 0 saturated carbocycles. The zero-order valence-corrected chi connectivity index (χ0v) is 17.3. The highest BCUT2D eigenvalue weighted by atomic mass is 16.3. The lowest BCUT2D eigenvalue weighted by atomic mass is 10.1. The van der Waals surface area contributed by atoms with E-state index in [1.807, 2.05) is 18.2 Å². The number of hydrogen-bond donors (Lipinski definition) is 4. The van der Waals surface area contributed by atoms with E-state index in [-0.39, 0.29) is 17.4 Å². The van der Waals surface area contributed by atoms with E-state index < -0.39 is 0 Å². The van der Waals surface area contributed by atoms with E-state index in [1.165, 1.54) is 0 Å². The minimum Gasteiger partial charge on any atom is -0.508 e. The smallest absolute Gasteiger partial charge is 0.271 e. The number of amides is 1. The summed E-state index contributed by atoms with van der Waals surface area (Å²) in [5.74, 6) is 0.198. The molecule has 0 fully saturated rings. The van der Waals surface area contributed by atoms with Crippen LogP contribution in [0, 0.1) is 0 Å². The van der Waals surface area contributed by atoms with E-state index >= 15 is 0 Å². The first-order valence-corrected chi connectivity index (χ1v) is 10.5. The summed E-state index contributed by atoms with van der Waals surface area (Å²) in [6.45, 7) is 0. The van der Waals surface area contributed by atoms with Crippen LogP contribution in [0.25, 0.3) is 0 Å². The average molecular weight is 426 g/mol. The minimum atomic E-state index is -0.303. The predicted octanol–water partition coefficient (Wildman–Crippen LogP) is 3.94. The summed E-state index contributed by atoms with van der Waals surface area (Å²) in [7, 11) is 0. The number of nitrogens with one attached hydrogen (secondary N) is 2. The molecule has 0 saturated heterocycles. The largest absolute Gasteiger partial charge is 0.508 e. The molecule has 2 aliphatic carbocycles. The fourth-order valence-corrected chi connectivity index (χ4v) is 4.19. The van der Waals surface area contributed by atoms with Crippen molar-refractivity contribution >= 4 is 23.0 Å². The van der Waals surface area contributed by atoms with Gasteiger partial charge in [-0.25, -0.2) is 5.43 Å². The minimum absolute atomic E-state index is 0.237. The number of phenolic OH excluding ortho intramolecular Hbond substituents is 2. The van der Waals surface area contributed by atoms with Gasteiger partial charge in [0.25, 0.3) is 5.91 Å². The molecule has 3 aromatic carbocycles. The van der Waals surface area contributed by atoms with Crippen LogP contribution in [0.4, 0.5) is 5.69 Å². The van der Waals surface area contributed by atoms with Gasteiger partial charge in [-0.1, -0.05) is 6.07 Å². The number of hydrogen-bond acceptors (Lipinski definition) is 6. The third-order valence-corrected chi connectivity index (χ3v) is 5.80. The lowest BCUT2D eigenvalue weighted by Gasteiger charge is -2.06. The van der Waals surface area contributed by atoms with Crippen molar-refractivity contribution in [2.24, 2.45) is 10.2 Å². The molecule has 3 aromatic rings. The SMILES string of the molecule is O=C(N/N=C1/CCc2cc(O)ccc21)c1cccc(N/N=C2/CCc3cc(O)ccc32)c1. The van der Waals surface area contributed by atoms with Gasteiger partial charge in [-0.05, 0) is 91.4 Å². The second kappa shape index (κ2) is 8.19. The Labute approximate surface area is 185 Å². The molecular formula is C25H22N4O3. The molecule has 7 nitrogen and oxygen atoms in total. The number of nitrogens with zero attached hydrogens (tertiary/aromatic N) is 2. The Bertz CT molecular complexity index is 1280. The van der Waals surface area contributed by atoms with Crippen LogP contribution in [-0.2, 0) is 12.8 Å². The first-order valence-electron chi connectivity index (χ1n) is 10.5. The molecule has 160 valence electrons. The van der Waals surface area contributed by atoms with Gasteiger partial charge in [0.15, 0.2) is 0 Å². The third kappa shape index (κ3) is 3.92. The van der Waals surface area contributed by atoms with Crippen LogP contribution in [0.1, 0.15) is 45.5 Å². The lowest BCUT2D eigenvalue weighted by Crippen LogP contribution is -2.19. The Morgan fingerprint density at radius 3 is 2.03 bits per heavy atom. The first kappa shape index (κ1) is 19.8. The van der Waals surface area contributed by atoms with Gasteiger partial charge in [0.1, 0.15) is 11.5 Å². The van der Waals surface area contributed by atoms with E-state index in [9.17, 15) is 15.0 Å². The molecule has 0 radical (unpaired) electrons. The van der Waals surface area contributed by atoms with Gasteiger partial charge < -0.3 is 10.2 Å². The Hall–Kier alpha value is -4.13. The Morgan fingerprint density at radius 2 is 1.38 bits per heavy atom. The number of anilines is 1. The molecule has 1 amide bonds. The molecule has 32 heavy (non-hydrogen) atoms. The maximum absolute atomic E-state index is 12.6. The number of carbonyl (C=O) groups is 1. The first-order chi connectivity index (χ1) is 15.6. The van der Waals surface area contributed by atoms with Crippen LogP contribution in [0.15, 0.2) is 70.9 Å². The third-order valence-electron chi connectivity index (χ3n) is 5.80. The van der Waals surface area contributed by atoms with Crippen molar-refractivity contribution in [1.29, 1.82) is 0 Å². The zero-order chi connectivity index (χ0) is 22.1. The fraction of sp³-hybridized carbons (Fsp3) is 0.160. The number of hydrazone groups is 2. The molecule has 0 unspecified atom stereocenters. The average Bonchev–Trinajstić information content (AvgIpc) is 3.39. The monoisotopic (exact) mass is 426 g/mol. The topological polar surface area (TPSA) is 106 Å². The standard InChI is InChI=1S/C25H22N4O3/c30-19-6-8-21-15(13-19)4-10-23(21)27-26-18-3-1-2-17(12-18)25(32)29-28-24-11-5-16-14-20(31)7-9-22(16)24/h1-3,6-9,12-14,26,30-31H,4-5,10-11H2,(H,29,32)/b27-23-,28-24-. The van der Waals surface area contributed by atoms with Crippen molar-refractivity contribution < 1.29 is 15.0 Å². The molecule has 0 spiro atoms. The number of benzene rings is 3. The van der Waals surface area contributed by atoms with Gasteiger partial charge in [0.05, 0.1) is 17.1 Å². The molecule has 4 N–H and O–H groups in total. The van der Waals surface area contributed by atoms with Gasteiger partial charge in [-0.3, -0.25) is 10.2 Å². The second-order valence-corrected chi connectivity index (χ2v) is 7.93. The van der Waals surface area contributed by atoms with Crippen LogP contribution in [0.2, 0.25) is 0 Å². The molecule has 0 aromatic heterocycles. The van der Waals surface area contributed by atoms with Gasteiger partial charge in [0, 0.05) is 16.7 Å². The maximum Gasteiger partial charge on any atom is 0.271 e. The molecule has 0 heterocycles. The molecular weight excluding hydrogens is 404 g/mol. The Kier molecular flexibility index (Phi) is 5.07. The van der Waals surface area contributed by atoms with Crippen molar-refractivity contribution in [3.63, 3.8) is 0 Å². The highest BCUT2D eigenvalue weighted by Gasteiger charge is 2.19. The van der Waals surface area contributed by atoms with Gasteiger partial charge >= 0.3 is 0 Å². The fourth-order valence-electron chi connectivity index (χ4n) is 4.19. The summed E-state index contributed by atoms with van der Waals surface area (Å²) in [5.41, 5.74) is 12.7. The molecule has 5 rings (SSSR count). The van der Waals surface area contributed by atoms with Crippen LogP contribution in [-0.4, -0.2) is 27.5 Å². The number of aromatic hydroxyl groups is 2. The summed E-state index contributed by atoms with van der Waals surface area (Å²) in [4.78, 5) is 12.6. The number of phenols is 2. The Balaban J connectivity index is 1.28. The molecule has 7 heteroatoms. The normalized spacial score (nSPS) is 16.8. The van der Waals surface area contributed by atoms with Crippen molar-refractivity contribution in [2.45, 2.75) is 25.7 Å². The second-order valence-electron chi connectivity index (χ2n) is 7.93. The summed E-state index contributed by atoms with van der Waals surface area (Å²) in [5, 5.41) is 28.1. The number of aryl methyl sites for hydroxylation is 2. The van der Waals surface area contributed by atoms with E-state index in [4.69, 9.17) is 0 Å². The zero-order valence-electron chi connectivity index (χ0n) is 17.3. The lowest BCUT2D eigenvalue weighted by molar-refractivity contribution is 0.0955. The molecule has 0 aliphatic heterocycles. The van der Waals surface area contributed by atoms with E-state index in [1.54, 1.807) is 42.5 Å². The molecule has 2 aliphatic rings. The summed E-state index contributed by atoms with van der Waals surface area (Å²) in [6.07, 6.45) is 3.15. The summed E-state index contributed by atoms with van der Waals surface area (Å²) in [6, 6.07) is 17.6. The number of fused-ring (bicyclic) bond motifs is 2. The number of carbonyl (C=O) groups excluding carboxylic acids is 1. The highest BCUT2D eigenvalue weighted by Crippen LogP contribution is 2.27. The predicted molar refractivity (Wildman–Crippen MR) is 123 cm³/mol. The quantitative estimate of drug-likeness (QED) is 0.474. The Morgan fingerprint density at radius 1 is 0.750 bits per heavy atom. The van der Waals surface area contributed by atoms with Crippen LogP contribution in [0.5, 0.6) is 11.5 Å². The van der Waals surface area contributed by atoms with Gasteiger partial charge in [-0.2, -0.15) is 10.2 Å². The summed E-state index contributed by atoms with van der Waals surface area (Å²) >= 11 is 0. The van der Waals surface area contributed by atoms with Crippen LogP contribution >= 0.6 is 0 Å². The van der Waals surface area contributed by atoms with Crippen molar-refractivity contribution in [2.75, 3.05) is 5.43 Å². The molecule has 0 atom stereocenters. The molecule has 0 bridgehead atoms. The van der Waals surface area contributed by atoms with E-state index in [2.05, 4.69) is 21.1 Å². The van der Waals surface area contributed by atoms with Crippen molar-refractivity contribution in [3.8, 4) is 11.5 Å². The summed E-state index contributed by atoms with van der Waals surface area (Å²) < 4.78 is 0. The van der Waals surface area contributed by atoms with Crippen molar-refractivity contribution in [3.05, 3.63) is 88.5 Å². The maximum atomic E-state index is 12.6. The van der Waals surface area contributed by atoms with Gasteiger partial charge in [-0.15, -0.1) is 0 Å². The van der Waals surface area contributed by atoms with Crippen molar-refractivity contribution in [1.82, 2.24) is 5.43 Å². The van der Waals surface area contributed by atoms with Gasteiger partial charge in [0.2, 0.25) is 0 Å². The highest BCUT2D eigenvalue weighted by molar-refractivity contribution is 6.06. The van der Waals surface area contributed by atoms with Crippen LogP contribution in [0.3, 0.4) is 0 Å². The number of rotatable bonds is 4.